The van der Waals surface area contributed by atoms with Crippen LogP contribution in [0.2, 0.25) is 0 Å². The standard InChI is InChI=1S/C13H16N2OS/c1-2-3-10(8-14)13(16)15-6-4-12-11(9-15)5-7-17-12/h5,7,10H,2-4,6,9H2,1H3. The van der Waals surface area contributed by atoms with Crippen molar-refractivity contribution < 1.29 is 4.79 Å². The van der Waals surface area contributed by atoms with Crippen LogP contribution in [0.5, 0.6) is 0 Å². The van der Waals surface area contributed by atoms with Crippen molar-refractivity contribution in [3.63, 3.8) is 0 Å². The Bertz CT molecular complexity index is 447. The summed E-state index contributed by atoms with van der Waals surface area (Å²) in [6, 6.07) is 4.21. The number of thiophene rings is 1. The number of hydrogen-bond donors (Lipinski definition) is 0. The summed E-state index contributed by atoms with van der Waals surface area (Å²) in [6.45, 7) is 3.44. The van der Waals surface area contributed by atoms with Crippen molar-refractivity contribution in [2.45, 2.75) is 32.7 Å². The van der Waals surface area contributed by atoms with Gasteiger partial charge in [-0.25, -0.2) is 0 Å². The van der Waals surface area contributed by atoms with Gasteiger partial charge in [-0.15, -0.1) is 11.3 Å². The molecule has 90 valence electrons. The minimum atomic E-state index is -0.458. The predicted molar refractivity (Wildman–Crippen MR) is 67.5 cm³/mol. The second-order valence-electron chi connectivity index (χ2n) is 4.35. The molecule has 1 amide bonds. The average Bonchev–Trinajstić information content (AvgIpc) is 2.82. The molecule has 1 atom stereocenters. The van der Waals surface area contributed by atoms with E-state index in [9.17, 15) is 4.79 Å². The van der Waals surface area contributed by atoms with Gasteiger partial charge in [0, 0.05) is 18.0 Å². The molecule has 2 rings (SSSR count). The van der Waals surface area contributed by atoms with Gasteiger partial charge in [0.2, 0.25) is 5.91 Å². The van der Waals surface area contributed by atoms with Gasteiger partial charge in [0.15, 0.2) is 0 Å². The molecule has 0 saturated carbocycles. The van der Waals surface area contributed by atoms with E-state index in [1.165, 1.54) is 10.4 Å². The Balaban J connectivity index is 2.05. The van der Waals surface area contributed by atoms with E-state index in [0.717, 1.165) is 19.4 Å². The van der Waals surface area contributed by atoms with Crippen LogP contribution in [0, 0.1) is 17.2 Å². The maximum absolute atomic E-state index is 12.2. The van der Waals surface area contributed by atoms with E-state index >= 15 is 0 Å². The van der Waals surface area contributed by atoms with Crippen molar-refractivity contribution in [3.05, 3.63) is 21.9 Å². The summed E-state index contributed by atoms with van der Waals surface area (Å²) in [6.07, 6.45) is 2.48. The number of nitrogens with zero attached hydrogens (tertiary/aromatic N) is 2. The van der Waals surface area contributed by atoms with Crippen LogP contribution in [0.25, 0.3) is 0 Å². The Kier molecular flexibility index (Phi) is 3.80. The number of hydrogen-bond acceptors (Lipinski definition) is 3. The molecule has 4 heteroatoms. The van der Waals surface area contributed by atoms with Crippen molar-refractivity contribution in [1.29, 1.82) is 5.26 Å². The van der Waals surface area contributed by atoms with Gasteiger partial charge in [-0.2, -0.15) is 5.26 Å². The fourth-order valence-corrected chi connectivity index (χ4v) is 3.08. The third-order valence-electron chi connectivity index (χ3n) is 3.15. The Labute approximate surface area is 106 Å². The first-order valence-corrected chi connectivity index (χ1v) is 6.88. The molecule has 0 N–H and O–H groups in total. The maximum Gasteiger partial charge on any atom is 0.240 e. The molecule has 1 aliphatic heterocycles. The molecule has 17 heavy (non-hydrogen) atoms. The summed E-state index contributed by atoms with van der Waals surface area (Å²) in [5.41, 5.74) is 1.25. The summed E-state index contributed by atoms with van der Waals surface area (Å²) in [5.74, 6) is -0.452. The molecule has 0 bridgehead atoms. The summed E-state index contributed by atoms with van der Waals surface area (Å²) < 4.78 is 0. The van der Waals surface area contributed by atoms with E-state index in [2.05, 4.69) is 17.5 Å². The lowest BCUT2D eigenvalue weighted by molar-refractivity contribution is -0.134. The monoisotopic (exact) mass is 248 g/mol. The second-order valence-corrected chi connectivity index (χ2v) is 5.35. The molecule has 0 saturated heterocycles. The van der Waals surface area contributed by atoms with E-state index in [0.29, 0.717) is 13.0 Å². The highest BCUT2D eigenvalue weighted by Gasteiger charge is 2.26. The molecule has 0 radical (unpaired) electrons. The summed E-state index contributed by atoms with van der Waals surface area (Å²) >= 11 is 1.76. The largest absolute Gasteiger partial charge is 0.337 e. The smallest absolute Gasteiger partial charge is 0.240 e. The maximum atomic E-state index is 12.2. The van der Waals surface area contributed by atoms with Crippen LogP contribution in [0.3, 0.4) is 0 Å². The van der Waals surface area contributed by atoms with Crippen LogP contribution >= 0.6 is 11.3 Å². The number of rotatable bonds is 3. The Morgan fingerprint density at radius 1 is 1.71 bits per heavy atom. The fraction of sp³-hybridized carbons (Fsp3) is 0.538. The van der Waals surface area contributed by atoms with E-state index in [4.69, 9.17) is 5.26 Å². The van der Waals surface area contributed by atoms with Gasteiger partial charge in [0.25, 0.3) is 0 Å². The first kappa shape index (κ1) is 12.1. The molecule has 0 spiro atoms. The Hall–Kier alpha value is -1.34. The predicted octanol–water partition coefficient (Wildman–Crippen LogP) is 2.57. The van der Waals surface area contributed by atoms with Crippen LogP contribution in [0.4, 0.5) is 0 Å². The molecule has 0 fully saturated rings. The Morgan fingerprint density at radius 2 is 2.53 bits per heavy atom. The lowest BCUT2D eigenvalue weighted by Crippen LogP contribution is -2.39. The van der Waals surface area contributed by atoms with E-state index in [1.807, 2.05) is 11.8 Å². The van der Waals surface area contributed by atoms with Crippen LogP contribution < -0.4 is 0 Å². The number of fused-ring (bicyclic) bond motifs is 1. The molecule has 1 aliphatic rings. The first-order chi connectivity index (χ1) is 8.26. The molecular formula is C13H16N2OS. The fourth-order valence-electron chi connectivity index (χ4n) is 2.19. The lowest BCUT2D eigenvalue weighted by atomic mass is 10.0. The minimum Gasteiger partial charge on any atom is -0.337 e. The summed E-state index contributed by atoms with van der Waals surface area (Å²) in [5, 5.41) is 11.1. The van der Waals surface area contributed by atoms with Gasteiger partial charge in [-0.05, 0) is 29.9 Å². The Morgan fingerprint density at radius 3 is 3.24 bits per heavy atom. The minimum absolute atomic E-state index is 0.00574. The van der Waals surface area contributed by atoms with Gasteiger partial charge < -0.3 is 4.90 Å². The van der Waals surface area contributed by atoms with Crippen LogP contribution in [0.1, 0.15) is 30.2 Å². The number of amides is 1. The van der Waals surface area contributed by atoms with Gasteiger partial charge in [0.05, 0.1) is 6.07 Å². The van der Waals surface area contributed by atoms with Gasteiger partial charge in [0.1, 0.15) is 5.92 Å². The van der Waals surface area contributed by atoms with Gasteiger partial charge >= 0.3 is 0 Å². The SMILES string of the molecule is CCCC(C#N)C(=O)N1CCc2sccc2C1. The third-order valence-corrected chi connectivity index (χ3v) is 4.17. The molecule has 1 aromatic heterocycles. The molecule has 1 aromatic rings. The number of carbonyl (C=O) groups excluding carboxylic acids is 1. The number of carbonyl (C=O) groups is 1. The molecular weight excluding hydrogens is 232 g/mol. The van der Waals surface area contributed by atoms with Crippen LogP contribution in [-0.2, 0) is 17.8 Å². The highest BCUT2D eigenvalue weighted by Crippen LogP contribution is 2.25. The van der Waals surface area contributed by atoms with E-state index in [-0.39, 0.29) is 5.91 Å². The zero-order valence-electron chi connectivity index (χ0n) is 9.98. The van der Waals surface area contributed by atoms with E-state index in [1.54, 1.807) is 11.3 Å². The van der Waals surface area contributed by atoms with Crippen LogP contribution in [0.15, 0.2) is 11.4 Å². The topological polar surface area (TPSA) is 44.1 Å². The molecule has 2 heterocycles. The van der Waals surface area contributed by atoms with E-state index < -0.39 is 5.92 Å². The molecule has 3 nitrogen and oxygen atoms in total. The highest BCUT2D eigenvalue weighted by atomic mass is 32.1. The van der Waals surface area contributed by atoms with Crippen LogP contribution in [-0.4, -0.2) is 17.4 Å². The summed E-state index contributed by atoms with van der Waals surface area (Å²) in [7, 11) is 0. The summed E-state index contributed by atoms with van der Waals surface area (Å²) in [4.78, 5) is 15.4. The van der Waals surface area contributed by atoms with Gasteiger partial charge in [-0.1, -0.05) is 13.3 Å². The molecule has 0 aromatic carbocycles. The quantitative estimate of drug-likeness (QED) is 0.825. The van der Waals surface area contributed by atoms with Crippen molar-refractivity contribution >= 4 is 17.2 Å². The average molecular weight is 248 g/mol. The third kappa shape index (κ3) is 2.50. The second kappa shape index (κ2) is 5.33. The number of nitriles is 1. The normalized spacial score (nSPS) is 16.1. The lowest BCUT2D eigenvalue weighted by Gasteiger charge is -2.28. The van der Waals surface area contributed by atoms with Crippen molar-refractivity contribution in [2.75, 3.05) is 6.54 Å². The van der Waals surface area contributed by atoms with Crippen molar-refractivity contribution in [3.8, 4) is 6.07 Å². The van der Waals surface area contributed by atoms with Gasteiger partial charge in [-0.3, -0.25) is 4.79 Å². The molecule has 1 unspecified atom stereocenters. The molecule has 0 aliphatic carbocycles. The zero-order valence-corrected chi connectivity index (χ0v) is 10.8. The van der Waals surface area contributed by atoms with Crippen molar-refractivity contribution in [1.82, 2.24) is 4.90 Å². The first-order valence-electron chi connectivity index (χ1n) is 6.00. The van der Waals surface area contributed by atoms with Crippen molar-refractivity contribution in [2.24, 2.45) is 5.92 Å². The zero-order chi connectivity index (χ0) is 12.3. The highest BCUT2D eigenvalue weighted by molar-refractivity contribution is 7.10.